The van der Waals surface area contributed by atoms with Crippen molar-refractivity contribution in [3.05, 3.63) is 29.8 Å². The lowest BCUT2D eigenvalue weighted by atomic mass is 9.82. The molecular formula is C18H28ClNO3. The summed E-state index contributed by atoms with van der Waals surface area (Å²) in [5.41, 5.74) is 6.31. The summed E-state index contributed by atoms with van der Waals surface area (Å²) in [6.07, 6.45) is 4.49. The summed E-state index contributed by atoms with van der Waals surface area (Å²) in [5, 5.41) is 0. The van der Waals surface area contributed by atoms with Crippen LogP contribution in [-0.4, -0.2) is 24.2 Å². The Morgan fingerprint density at radius 3 is 2.26 bits per heavy atom. The fourth-order valence-corrected chi connectivity index (χ4v) is 2.90. The number of rotatable bonds is 5. The van der Waals surface area contributed by atoms with Gasteiger partial charge in [-0.3, -0.25) is 0 Å². The zero-order chi connectivity index (χ0) is 16.2. The highest BCUT2D eigenvalue weighted by atomic mass is 35.5. The molecule has 0 radical (unpaired) electrons. The average Bonchev–Trinajstić information content (AvgIpc) is 2.49. The SMILES string of the molecule is CCOC(=O)C(C)(C)Oc1ccc([C@H]2CC[C@H](N)CC2)cc1.Cl. The smallest absolute Gasteiger partial charge is 0.349 e. The summed E-state index contributed by atoms with van der Waals surface area (Å²) in [6, 6.07) is 8.43. The van der Waals surface area contributed by atoms with Gasteiger partial charge in [-0.25, -0.2) is 4.79 Å². The standard InChI is InChI=1S/C18H27NO3.ClH/c1-4-21-17(20)18(2,3)22-16-11-7-14(8-12-16)13-5-9-15(19)10-6-13;/h7-8,11-13,15H,4-6,9-10,19H2,1-3H3;1H/t13-,15-;. The summed E-state index contributed by atoms with van der Waals surface area (Å²) in [4.78, 5) is 11.9. The van der Waals surface area contributed by atoms with Gasteiger partial charge in [-0.15, -0.1) is 12.4 Å². The lowest BCUT2D eigenvalue weighted by molar-refractivity contribution is -0.158. The van der Waals surface area contributed by atoms with E-state index < -0.39 is 5.60 Å². The van der Waals surface area contributed by atoms with Crippen molar-refractivity contribution in [2.24, 2.45) is 5.73 Å². The number of ether oxygens (including phenoxy) is 2. The molecular weight excluding hydrogens is 314 g/mol. The highest BCUT2D eigenvalue weighted by Crippen LogP contribution is 2.33. The number of hydrogen-bond donors (Lipinski definition) is 1. The van der Waals surface area contributed by atoms with Gasteiger partial charge in [-0.05, 0) is 70.1 Å². The molecule has 130 valence electrons. The average molecular weight is 342 g/mol. The van der Waals surface area contributed by atoms with Crippen molar-refractivity contribution in [1.29, 1.82) is 0 Å². The van der Waals surface area contributed by atoms with E-state index in [4.69, 9.17) is 15.2 Å². The van der Waals surface area contributed by atoms with Crippen molar-refractivity contribution in [2.75, 3.05) is 6.61 Å². The van der Waals surface area contributed by atoms with Gasteiger partial charge in [-0.2, -0.15) is 0 Å². The number of nitrogens with two attached hydrogens (primary N) is 1. The Kier molecular flexibility index (Phi) is 7.36. The van der Waals surface area contributed by atoms with Gasteiger partial charge < -0.3 is 15.2 Å². The number of carbonyl (C=O) groups is 1. The predicted octanol–water partition coefficient (Wildman–Crippen LogP) is 3.81. The summed E-state index contributed by atoms with van der Waals surface area (Å²) in [6.45, 7) is 5.59. The van der Waals surface area contributed by atoms with Crippen LogP contribution in [0.1, 0.15) is 57.9 Å². The van der Waals surface area contributed by atoms with E-state index in [1.807, 2.05) is 12.1 Å². The van der Waals surface area contributed by atoms with Crippen molar-refractivity contribution in [2.45, 2.75) is 64.0 Å². The monoisotopic (exact) mass is 341 g/mol. The second-order valence-corrected chi connectivity index (χ2v) is 6.51. The highest BCUT2D eigenvalue weighted by molar-refractivity contribution is 5.85. The third-order valence-electron chi connectivity index (χ3n) is 4.26. The summed E-state index contributed by atoms with van der Waals surface area (Å²) >= 11 is 0. The predicted molar refractivity (Wildman–Crippen MR) is 94.2 cm³/mol. The largest absolute Gasteiger partial charge is 0.476 e. The van der Waals surface area contributed by atoms with Gasteiger partial charge in [0.2, 0.25) is 0 Å². The van der Waals surface area contributed by atoms with Crippen molar-refractivity contribution in [1.82, 2.24) is 0 Å². The summed E-state index contributed by atoms with van der Waals surface area (Å²) < 4.78 is 10.8. The molecule has 1 fully saturated rings. The van der Waals surface area contributed by atoms with Crippen LogP contribution in [-0.2, 0) is 9.53 Å². The Labute approximate surface area is 145 Å². The van der Waals surface area contributed by atoms with Crippen LogP contribution < -0.4 is 10.5 Å². The lowest BCUT2D eigenvalue weighted by Crippen LogP contribution is -2.39. The zero-order valence-corrected chi connectivity index (χ0v) is 15.0. The maximum Gasteiger partial charge on any atom is 0.349 e. The number of esters is 1. The molecule has 0 bridgehead atoms. The fourth-order valence-electron chi connectivity index (χ4n) is 2.90. The number of benzene rings is 1. The van der Waals surface area contributed by atoms with Crippen LogP contribution in [0.4, 0.5) is 0 Å². The van der Waals surface area contributed by atoms with Crippen LogP contribution in [0.5, 0.6) is 5.75 Å². The minimum Gasteiger partial charge on any atom is -0.476 e. The van der Waals surface area contributed by atoms with E-state index in [-0.39, 0.29) is 18.4 Å². The van der Waals surface area contributed by atoms with Crippen LogP contribution in [0.2, 0.25) is 0 Å². The van der Waals surface area contributed by atoms with Gasteiger partial charge in [-0.1, -0.05) is 12.1 Å². The molecule has 0 atom stereocenters. The Morgan fingerprint density at radius 2 is 1.74 bits per heavy atom. The van der Waals surface area contributed by atoms with Crippen LogP contribution in [0.3, 0.4) is 0 Å². The molecule has 0 saturated heterocycles. The molecule has 1 aliphatic rings. The minimum absolute atomic E-state index is 0. The van der Waals surface area contributed by atoms with Gasteiger partial charge >= 0.3 is 5.97 Å². The van der Waals surface area contributed by atoms with Crippen molar-refractivity contribution in [3.8, 4) is 5.75 Å². The quantitative estimate of drug-likeness (QED) is 0.827. The highest BCUT2D eigenvalue weighted by Gasteiger charge is 2.31. The Hall–Kier alpha value is -1.26. The molecule has 1 aliphatic carbocycles. The third kappa shape index (κ3) is 5.40. The molecule has 1 aromatic carbocycles. The van der Waals surface area contributed by atoms with Crippen LogP contribution in [0.15, 0.2) is 24.3 Å². The third-order valence-corrected chi connectivity index (χ3v) is 4.26. The van der Waals surface area contributed by atoms with E-state index >= 15 is 0 Å². The van der Waals surface area contributed by atoms with E-state index in [1.165, 1.54) is 5.56 Å². The Balaban J connectivity index is 0.00000264. The first-order valence-electron chi connectivity index (χ1n) is 8.14. The maximum atomic E-state index is 11.9. The lowest BCUT2D eigenvalue weighted by Gasteiger charge is -2.27. The number of carbonyl (C=O) groups excluding carboxylic acids is 1. The molecule has 1 saturated carbocycles. The van der Waals surface area contributed by atoms with Gasteiger partial charge in [0.15, 0.2) is 5.60 Å². The fraction of sp³-hybridized carbons (Fsp3) is 0.611. The van der Waals surface area contributed by atoms with Crippen molar-refractivity contribution in [3.63, 3.8) is 0 Å². The van der Waals surface area contributed by atoms with E-state index in [9.17, 15) is 4.79 Å². The molecule has 0 aliphatic heterocycles. The molecule has 0 heterocycles. The Bertz CT molecular complexity index is 493. The topological polar surface area (TPSA) is 61.5 Å². The second kappa shape index (κ2) is 8.55. The van der Waals surface area contributed by atoms with E-state index in [1.54, 1.807) is 20.8 Å². The second-order valence-electron chi connectivity index (χ2n) is 6.51. The van der Waals surface area contributed by atoms with Gasteiger partial charge in [0.1, 0.15) is 5.75 Å². The van der Waals surface area contributed by atoms with Gasteiger partial charge in [0.05, 0.1) is 6.61 Å². The molecule has 2 rings (SSSR count). The molecule has 0 aromatic heterocycles. The summed E-state index contributed by atoms with van der Waals surface area (Å²) in [7, 11) is 0. The van der Waals surface area contributed by atoms with Gasteiger partial charge in [0, 0.05) is 6.04 Å². The normalized spacial score (nSPS) is 21.2. The van der Waals surface area contributed by atoms with Gasteiger partial charge in [0.25, 0.3) is 0 Å². The van der Waals surface area contributed by atoms with E-state index in [2.05, 4.69) is 12.1 Å². The minimum atomic E-state index is -0.977. The summed E-state index contributed by atoms with van der Waals surface area (Å²) in [5.74, 6) is 0.932. The number of hydrogen-bond acceptors (Lipinski definition) is 4. The molecule has 5 heteroatoms. The van der Waals surface area contributed by atoms with Crippen molar-refractivity contribution >= 4 is 18.4 Å². The molecule has 0 unspecified atom stereocenters. The first-order valence-corrected chi connectivity index (χ1v) is 8.14. The first kappa shape index (κ1) is 19.8. The molecule has 23 heavy (non-hydrogen) atoms. The molecule has 0 spiro atoms. The first-order chi connectivity index (χ1) is 10.4. The van der Waals surface area contributed by atoms with E-state index in [0.29, 0.717) is 24.3 Å². The molecule has 2 N–H and O–H groups in total. The van der Waals surface area contributed by atoms with Crippen LogP contribution in [0, 0.1) is 0 Å². The van der Waals surface area contributed by atoms with Crippen LogP contribution in [0.25, 0.3) is 0 Å². The Morgan fingerprint density at radius 1 is 1.17 bits per heavy atom. The molecule has 4 nitrogen and oxygen atoms in total. The molecule has 1 aromatic rings. The number of halogens is 1. The van der Waals surface area contributed by atoms with Crippen LogP contribution >= 0.6 is 12.4 Å². The van der Waals surface area contributed by atoms with Crippen molar-refractivity contribution < 1.29 is 14.3 Å². The maximum absolute atomic E-state index is 11.9. The zero-order valence-electron chi connectivity index (χ0n) is 14.2. The van der Waals surface area contributed by atoms with E-state index in [0.717, 1.165) is 25.7 Å². The molecule has 0 amide bonds.